The highest BCUT2D eigenvalue weighted by Crippen LogP contribution is 2.40. The number of hydrogen-bond donors (Lipinski definition) is 1. The van der Waals surface area contributed by atoms with Crippen LogP contribution < -0.4 is 5.32 Å². The summed E-state index contributed by atoms with van der Waals surface area (Å²) >= 11 is 0. The van der Waals surface area contributed by atoms with Crippen molar-refractivity contribution in [2.45, 2.75) is 18.4 Å². The Balaban J connectivity index is 1.90. The van der Waals surface area contributed by atoms with Gasteiger partial charge in [-0.25, -0.2) is 0 Å². The fourth-order valence-corrected chi connectivity index (χ4v) is 1.64. The van der Waals surface area contributed by atoms with Gasteiger partial charge in [0.25, 0.3) is 0 Å². The van der Waals surface area contributed by atoms with Crippen LogP contribution in [0.2, 0.25) is 0 Å². The van der Waals surface area contributed by atoms with Gasteiger partial charge in [0.1, 0.15) is 0 Å². The molecule has 1 saturated carbocycles. The molecule has 4 nitrogen and oxygen atoms in total. The van der Waals surface area contributed by atoms with Gasteiger partial charge >= 0.3 is 5.97 Å². The Labute approximate surface area is 77.6 Å². The number of esters is 1. The van der Waals surface area contributed by atoms with Crippen LogP contribution in [0.1, 0.15) is 12.8 Å². The summed E-state index contributed by atoms with van der Waals surface area (Å²) in [6.07, 6.45) is 2.24. The normalized spacial score (nSPS) is 31.0. The molecule has 0 radical (unpaired) electrons. The molecular weight excluding hydrogens is 170 g/mol. The molecule has 1 heterocycles. The lowest BCUT2D eigenvalue weighted by Crippen LogP contribution is -2.30. The third-order valence-corrected chi connectivity index (χ3v) is 2.77. The topological polar surface area (TPSA) is 47.6 Å². The first-order valence-corrected chi connectivity index (χ1v) is 4.68. The molecule has 1 unspecified atom stereocenters. The second-order valence-electron chi connectivity index (χ2n) is 3.85. The summed E-state index contributed by atoms with van der Waals surface area (Å²) in [5.41, 5.74) is 0.0583. The molecule has 0 bridgehead atoms. The Morgan fingerprint density at radius 3 is 3.00 bits per heavy atom. The average Bonchev–Trinajstić information content (AvgIpc) is 2.94. The quantitative estimate of drug-likeness (QED) is 0.581. The number of ether oxygens (including phenoxy) is 2. The van der Waals surface area contributed by atoms with Crippen molar-refractivity contribution in [2.24, 2.45) is 5.92 Å². The van der Waals surface area contributed by atoms with Gasteiger partial charge in [-0.3, -0.25) is 4.79 Å². The van der Waals surface area contributed by atoms with Crippen LogP contribution in [0, 0.1) is 5.92 Å². The van der Waals surface area contributed by atoms with Crippen molar-refractivity contribution in [3.05, 3.63) is 0 Å². The van der Waals surface area contributed by atoms with E-state index >= 15 is 0 Å². The largest absolute Gasteiger partial charge is 0.469 e. The van der Waals surface area contributed by atoms with E-state index in [2.05, 4.69) is 10.1 Å². The molecule has 1 N–H and O–H groups in total. The highest BCUT2D eigenvalue weighted by atomic mass is 16.5. The van der Waals surface area contributed by atoms with Crippen molar-refractivity contribution in [2.75, 3.05) is 26.8 Å². The minimum Gasteiger partial charge on any atom is -0.469 e. The van der Waals surface area contributed by atoms with Gasteiger partial charge in [-0.05, 0) is 12.8 Å². The first-order valence-electron chi connectivity index (χ1n) is 4.68. The van der Waals surface area contributed by atoms with E-state index in [1.165, 1.54) is 7.11 Å². The highest BCUT2D eigenvalue weighted by Gasteiger charge is 2.46. The van der Waals surface area contributed by atoms with Crippen molar-refractivity contribution in [3.8, 4) is 0 Å². The zero-order chi connectivity index (χ0) is 9.31. The van der Waals surface area contributed by atoms with Crippen LogP contribution in [0.5, 0.6) is 0 Å². The highest BCUT2D eigenvalue weighted by molar-refractivity contribution is 5.72. The van der Waals surface area contributed by atoms with E-state index < -0.39 is 0 Å². The Kier molecular flexibility index (Phi) is 2.26. The third kappa shape index (κ3) is 1.84. The fraction of sp³-hybridized carbons (Fsp3) is 0.889. The van der Waals surface area contributed by atoms with Gasteiger partial charge < -0.3 is 14.8 Å². The summed E-state index contributed by atoms with van der Waals surface area (Å²) in [6, 6.07) is 0. The minimum absolute atomic E-state index is 0.0583. The summed E-state index contributed by atoms with van der Waals surface area (Å²) in [5, 5.41) is 3.24. The summed E-state index contributed by atoms with van der Waals surface area (Å²) in [7, 11) is 1.42. The zero-order valence-corrected chi connectivity index (χ0v) is 7.84. The predicted octanol–water partition coefficient (Wildman–Crippen LogP) is -0.0720. The molecule has 1 saturated heterocycles. The third-order valence-electron chi connectivity index (χ3n) is 2.77. The second-order valence-corrected chi connectivity index (χ2v) is 3.85. The molecule has 0 aromatic heterocycles. The summed E-state index contributed by atoms with van der Waals surface area (Å²) in [4.78, 5) is 11.2. The van der Waals surface area contributed by atoms with E-state index in [1.807, 2.05) is 0 Å². The molecule has 1 atom stereocenters. The lowest BCUT2D eigenvalue weighted by Gasteiger charge is -2.12. The smallest absolute Gasteiger partial charge is 0.312 e. The molecule has 0 aromatic carbocycles. The number of carbonyl (C=O) groups excluding carboxylic acids is 1. The van der Waals surface area contributed by atoms with Crippen LogP contribution in [0.4, 0.5) is 0 Å². The first-order chi connectivity index (χ1) is 6.26. The molecule has 1 spiro atoms. The van der Waals surface area contributed by atoms with Crippen LogP contribution in [0.25, 0.3) is 0 Å². The van der Waals surface area contributed by atoms with Crippen LogP contribution >= 0.6 is 0 Å². The van der Waals surface area contributed by atoms with E-state index in [1.54, 1.807) is 0 Å². The molecule has 2 aliphatic rings. The molecule has 13 heavy (non-hydrogen) atoms. The Hall–Kier alpha value is -0.610. The zero-order valence-electron chi connectivity index (χ0n) is 7.84. The maximum atomic E-state index is 11.2. The molecule has 0 aromatic rings. The lowest BCUT2D eigenvalue weighted by atomic mass is 10.2. The first kappa shape index (κ1) is 8.97. The van der Waals surface area contributed by atoms with Gasteiger partial charge in [0.05, 0.1) is 25.2 Å². The second kappa shape index (κ2) is 3.27. The maximum Gasteiger partial charge on any atom is 0.312 e. The number of nitrogens with one attached hydrogen (secondary N) is 1. The van der Waals surface area contributed by atoms with E-state index in [0.29, 0.717) is 13.2 Å². The van der Waals surface area contributed by atoms with Gasteiger partial charge in [-0.2, -0.15) is 0 Å². The van der Waals surface area contributed by atoms with Crippen molar-refractivity contribution in [1.29, 1.82) is 0 Å². The Bertz CT molecular complexity index is 213. The van der Waals surface area contributed by atoms with Crippen LogP contribution in [0.15, 0.2) is 0 Å². The van der Waals surface area contributed by atoms with Gasteiger partial charge in [0.2, 0.25) is 0 Å². The average molecular weight is 185 g/mol. The molecule has 4 heteroatoms. The molecule has 2 rings (SSSR count). The molecule has 74 valence electrons. The summed E-state index contributed by atoms with van der Waals surface area (Å²) < 4.78 is 10.3. The minimum atomic E-state index is -0.176. The summed E-state index contributed by atoms with van der Waals surface area (Å²) in [6.45, 7) is 2.05. The predicted molar refractivity (Wildman–Crippen MR) is 46.3 cm³/mol. The van der Waals surface area contributed by atoms with E-state index in [4.69, 9.17) is 4.74 Å². The molecule has 1 aliphatic heterocycles. The van der Waals surface area contributed by atoms with E-state index in [9.17, 15) is 4.79 Å². The van der Waals surface area contributed by atoms with Crippen molar-refractivity contribution >= 4 is 5.97 Å². The number of methoxy groups -OCH3 is 1. The lowest BCUT2D eigenvalue weighted by molar-refractivity contribution is -0.147. The molecule has 2 fully saturated rings. The van der Waals surface area contributed by atoms with Crippen LogP contribution in [0.3, 0.4) is 0 Å². The number of carbonyl (C=O) groups is 1. The number of hydrogen-bond acceptors (Lipinski definition) is 4. The van der Waals surface area contributed by atoms with Crippen molar-refractivity contribution in [3.63, 3.8) is 0 Å². The molecule has 0 amide bonds. The van der Waals surface area contributed by atoms with Crippen molar-refractivity contribution in [1.82, 2.24) is 5.32 Å². The molecular formula is C9H15NO3. The van der Waals surface area contributed by atoms with Gasteiger partial charge in [0.15, 0.2) is 0 Å². The fourth-order valence-electron chi connectivity index (χ4n) is 1.64. The van der Waals surface area contributed by atoms with E-state index in [0.717, 1.165) is 19.4 Å². The molecule has 1 aliphatic carbocycles. The van der Waals surface area contributed by atoms with Crippen LogP contribution in [-0.2, 0) is 14.3 Å². The SMILES string of the molecule is COC(=O)C1CNCC2(CC2)OC1. The summed E-state index contributed by atoms with van der Waals surface area (Å²) in [5.74, 6) is -0.310. The Morgan fingerprint density at radius 1 is 1.62 bits per heavy atom. The standard InChI is InChI=1S/C9H15NO3/c1-12-8(11)7-4-10-6-9(2-3-9)13-5-7/h7,10H,2-6H2,1H3. The number of rotatable bonds is 1. The van der Waals surface area contributed by atoms with Crippen molar-refractivity contribution < 1.29 is 14.3 Å². The van der Waals surface area contributed by atoms with Crippen LogP contribution in [-0.4, -0.2) is 38.4 Å². The van der Waals surface area contributed by atoms with Gasteiger partial charge in [-0.1, -0.05) is 0 Å². The van der Waals surface area contributed by atoms with E-state index in [-0.39, 0.29) is 17.5 Å². The van der Waals surface area contributed by atoms with Gasteiger partial charge in [-0.15, -0.1) is 0 Å². The van der Waals surface area contributed by atoms with Gasteiger partial charge in [0, 0.05) is 13.1 Å². The Morgan fingerprint density at radius 2 is 2.38 bits per heavy atom. The maximum absolute atomic E-state index is 11.2. The monoisotopic (exact) mass is 185 g/mol.